The normalized spacial score (nSPS) is 12.0. The van der Waals surface area contributed by atoms with E-state index < -0.39 is 11.6 Å². The summed E-state index contributed by atoms with van der Waals surface area (Å²) in [6.07, 6.45) is 0.947. The molecule has 0 spiro atoms. The van der Waals surface area contributed by atoms with E-state index in [1.54, 1.807) is 6.07 Å². The van der Waals surface area contributed by atoms with Crippen LogP contribution in [-0.4, -0.2) is 6.61 Å². The van der Waals surface area contributed by atoms with E-state index in [-0.39, 0.29) is 6.04 Å². The zero-order chi connectivity index (χ0) is 15.2. The van der Waals surface area contributed by atoms with Gasteiger partial charge < -0.3 is 10.1 Å². The summed E-state index contributed by atoms with van der Waals surface area (Å²) in [4.78, 5) is 0. The molecule has 2 aromatic carbocycles. The van der Waals surface area contributed by atoms with Crippen LogP contribution in [0.1, 0.15) is 31.9 Å². The van der Waals surface area contributed by atoms with Crippen molar-refractivity contribution in [2.45, 2.75) is 26.3 Å². The topological polar surface area (TPSA) is 21.3 Å². The summed E-state index contributed by atoms with van der Waals surface area (Å²) in [5.41, 5.74) is 1.56. The Hall–Kier alpha value is -2.10. The van der Waals surface area contributed by atoms with E-state index in [9.17, 15) is 8.78 Å². The molecule has 1 N–H and O–H groups in total. The third kappa shape index (κ3) is 4.18. The first kappa shape index (κ1) is 15.3. The number of hydrogen-bond acceptors (Lipinski definition) is 2. The second-order valence-electron chi connectivity index (χ2n) is 4.92. The van der Waals surface area contributed by atoms with E-state index in [0.29, 0.717) is 12.2 Å². The third-order valence-electron chi connectivity index (χ3n) is 3.13. The van der Waals surface area contributed by atoms with Crippen molar-refractivity contribution in [3.05, 3.63) is 59.7 Å². The van der Waals surface area contributed by atoms with Gasteiger partial charge in [0.15, 0.2) is 11.6 Å². The first-order valence-electron chi connectivity index (χ1n) is 7.04. The number of nitrogens with one attached hydrogen (secondary N) is 1. The molecule has 0 saturated carbocycles. The minimum Gasteiger partial charge on any atom is -0.494 e. The maximum absolute atomic E-state index is 13.3. The van der Waals surface area contributed by atoms with Gasteiger partial charge in [-0.1, -0.05) is 19.1 Å². The molecule has 0 amide bonds. The van der Waals surface area contributed by atoms with Crippen LogP contribution < -0.4 is 10.1 Å². The van der Waals surface area contributed by atoms with Crippen molar-refractivity contribution in [3.63, 3.8) is 0 Å². The molecule has 4 heteroatoms. The fraction of sp³-hybridized carbons (Fsp3) is 0.294. The summed E-state index contributed by atoms with van der Waals surface area (Å²) < 4.78 is 31.8. The van der Waals surface area contributed by atoms with Gasteiger partial charge in [-0.15, -0.1) is 0 Å². The van der Waals surface area contributed by atoms with Crippen LogP contribution in [0.15, 0.2) is 42.5 Å². The van der Waals surface area contributed by atoms with Crippen LogP contribution in [0.25, 0.3) is 0 Å². The third-order valence-corrected chi connectivity index (χ3v) is 3.13. The molecular formula is C17H19F2NO. The molecule has 0 fully saturated rings. The monoisotopic (exact) mass is 291 g/mol. The Morgan fingerprint density at radius 3 is 2.62 bits per heavy atom. The molecule has 1 atom stereocenters. The van der Waals surface area contributed by atoms with Gasteiger partial charge in [0.25, 0.3) is 0 Å². The Bertz CT molecular complexity index is 601. The first-order chi connectivity index (χ1) is 10.1. The van der Waals surface area contributed by atoms with Crippen molar-refractivity contribution >= 4 is 5.69 Å². The highest BCUT2D eigenvalue weighted by Gasteiger charge is 2.09. The molecular weight excluding hydrogens is 272 g/mol. The minimum absolute atomic E-state index is 0.137. The van der Waals surface area contributed by atoms with Crippen molar-refractivity contribution in [1.29, 1.82) is 0 Å². The van der Waals surface area contributed by atoms with Gasteiger partial charge in [-0.05, 0) is 43.2 Å². The average molecular weight is 291 g/mol. The Balaban J connectivity index is 2.07. The van der Waals surface area contributed by atoms with Crippen LogP contribution in [0.5, 0.6) is 5.75 Å². The van der Waals surface area contributed by atoms with Crippen molar-refractivity contribution in [1.82, 2.24) is 0 Å². The zero-order valence-electron chi connectivity index (χ0n) is 12.2. The van der Waals surface area contributed by atoms with Gasteiger partial charge in [0, 0.05) is 17.8 Å². The Kier molecular flexibility index (Phi) is 5.14. The minimum atomic E-state index is -0.832. The second kappa shape index (κ2) is 7.07. The lowest BCUT2D eigenvalue weighted by atomic mass is 10.1. The van der Waals surface area contributed by atoms with E-state index >= 15 is 0 Å². The number of ether oxygens (including phenoxy) is 1. The number of benzene rings is 2. The molecule has 0 aliphatic rings. The van der Waals surface area contributed by atoms with Crippen molar-refractivity contribution in [3.8, 4) is 5.75 Å². The van der Waals surface area contributed by atoms with Gasteiger partial charge >= 0.3 is 0 Å². The van der Waals surface area contributed by atoms with Crippen LogP contribution in [0.3, 0.4) is 0 Å². The Labute approximate surface area is 123 Å². The Morgan fingerprint density at radius 2 is 1.90 bits per heavy atom. The summed E-state index contributed by atoms with van der Waals surface area (Å²) in [5, 5.41) is 3.25. The van der Waals surface area contributed by atoms with Crippen molar-refractivity contribution < 1.29 is 13.5 Å². The summed E-state index contributed by atoms with van der Waals surface area (Å²) in [5.74, 6) is -0.874. The molecule has 0 bridgehead atoms. The molecule has 2 aromatic rings. The molecule has 0 radical (unpaired) electrons. The van der Waals surface area contributed by atoms with Crippen LogP contribution in [-0.2, 0) is 0 Å². The Morgan fingerprint density at radius 1 is 1.10 bits per heavy atom. The molecule has 0 heterocycles. The predicted molar refractivity (Wildman–Crippen MR) is 80.6 cm³/mol. The molecule has 0 saturated heterocycles. The van der Waals surface area contributed by atoms with Crippen LogP contribution in [0.2, 0.25) is 0 Å². The number of rotatable bonds is 6. The fourth-order valence-corrected chi connectivity index (χ4v) is 2.01. The highest BCUT2D eigenvalue weighted by Crippen LogP contribution is 2.23. The summed E-state index contributed by atoms with van der Waals surface area (Å²) >= 11 is 0. The maximum atomic E-state index is 13.3. The van der Waals surface area contributed by atoms with E-state index in [1.807, 2.05) is 38.1 Å². The van der Waals surface area contributed by atoms with Crippen molar-refractivity contribution in [2.24, 2.45) is 0 Å². The van der Waals surface area contributed by atoms with Gasteiger partial charge in [0.1, 0.15) is 5.75 Å². The van der Waals surface area contributed by atoms with Gasteiger partial charge in [0.2, 0.25) is 0 Å². The number of halogens is 2. The predicted octanol–water partition coefficient (Wildman–Crippen LogP) is 4.93. The molecule has 0 aliphatic heterocycles. The van der Waals surface area contributed by atoms with Gasteiger partial charge in [0.05, 0.1) is 6.61 Å². The molecule has 0 aliphatic carbocycles. The highest BCUT2D eigenvalue weighted by atomic mass is 19.2. The SMILES string of the molecule is CCCOc1cccc(NC(C)c2ccc(F)c(F)c2)c1. The summed E-state index contributed by atoms with van der Waals surface area (Å²) in [6, 6.07) is 11.4. The van der Waals surface area contributed by atoms with E-state index in [2.05, 4.69) is 5.32 Å². The smallest absolute Gasteiger partial charge is 0.159 e. The molecule has 0 aromatic heterocycles. The van der Waals surface area contributed by atoms with Crippen LogP contribution in [0.4, 0.5) is 14.5 Å². The summed E-state index contributed by atoms with van der Waals surface area (Å²) in [7, 11) is 0. The standard InChI is InChI=1S/C17H19F2NO/c1-3-9-21-15-6-4-5-14(11-15)20-12(2)13-7-8-16(18)17(19)10-13/h4-8,10-12,20H,3,9H2,1-2H3. The first-order valence-corrected chi connectivity index (χ1v) is 7.04. The lowest BCUT2D eigenvalue weighted by Crippen LogP contribution is -2.07. The average Bonchev–Trinajstić information content (AvgIpc) is 2.48. The quantitative estimate of drug-likeness (QED) is 0.815. The largest absolute Gasteiger partial charge is 0.494 e. The lowest BCUT2D eigenvalue weighted by molar-refractivity contribution is 0.317. The maximum Gasteiger partial charge on any atom is 0.159 e. The van der Waals surface area contributed by atoms with Crippen LogP contribution >= 0.6 is 0 Å². The summed E-state index contributed by atoms with van der Waals surface area (Å²) in [6.45, 7) is 4.61. The lowest BCUT2D eigenvalue weighted by Gasteiger charge is -2.16. The molecule has 2 rings (SSSR count). The van der Waals surface area contributed by atoms with E-state index in [1.165, 1.54) is 6.07 Å². The molecule has 112 valence electrons. The molecule has 2 nitrogen and oxygen atoms in total. The van der Waals surface area contributed by atoms with E-state index in [0.717, 1.165) is 23.9 Å². The van der Waals surface area contributed by atoms with Gasteiger partial charge in [-0.25, -0.2) is 8.78 Å². The van der Waals surface area contributed by atoms with E-state index in [4.69, 9.17) is 4.74 Å². The second-order valence-corrected chi connectivity index (χ2v) is 4.92. The zero-order valence-corrected chi connectivity index (χ0v) is 12.2. The van der Waals surface area contributed by atoms with Crippen LogP contribution in [0, 0.1) is 11.6 Å². The van der Waals surface area contributed by atoms with Gasteiger partial charge in [-0.2, -0.15) is 0 Å². The molecule has 21 heavy (non-hydrogen) atoms. The van der Waals surface area contributed by atoms with Gasteiger partial charge in [-0.3, -0.25) is 0 Å². The molecule has 1 unspecified atom stereocenters. The number of anilines is 1. The highest BCUT2D eigenvalue weighted by molar-refractivity contribution is 5.49. The number of hydrogen-bond donors (Lipinski definition) is 1. The van der Waals surface area contributed by atoms with Crippen molar-refractivity contribution in [2.75, 3.05) is 11.9 Å². The fourth-order valence-electron chi connectivity index (χ4n) is 2.01.